The number of H-pyrrole nitrogens is 1. The van der Waals surface area contributed by atoms with Crippen molar-refractivity contribution in [2.75, 3.05) is 5.32 Å². The van der Waals surface area contributed by atoms with Gasteiger partial charge in [-0.2, -0.15) is 0 Å². The van der Waals surface area contributed by atoms with Gasteiger partial charge in [-0.1, -0.05) is 36.4 Å². The summed E-state index contributed by atoms with van der Waals surface area (Å²) in [7, 11) is 0. The van der Waals surface area contributed by atoms with Crippen molar-refractivity contribution in [2.24, 2.45) is 0 Å². The van der Waals surface area contributed by atoms with E-state index in [2.05, 4.69) is 25.6 Å². The molecule has 0 fully saturated rings. The maximum absolute atomic E-state index is 13.2. The number of carbonyl (C=O) groups excluding carboxylic acids is 1. The molecule has 3 heterocycles. The summed E-state index contributed by atoms with van der Waals surface area (Å²) in [5.74, 6) is -0.290. The van der Waals surface area contributed by atoms with Crippen LogP contribution in [0.3, 0.4) is 0 Å². The number of aromatic amines is 1. The lowest BCUT2D eigenvalue weighted by Crippen LogP contribution is -2.42. The molecule has 0 aliphatic carbocycles. The van der Waals surface area contributed by atoms with E-state index in [0.717, 1.165) is 22.4 Å². The highest BCUT2D eigenvalue weighted by Gasteiger charge is 2.20. The number of rotatable bonds is 8. The van der Waals surface area contributed by atoms with Crippen LogP contribution in [0, 0.1) is 0 Å². The van der Waals surface area contributed by atoms with Gasteiger partial charge >= 0.3 is 0 Å². The monoisotopic (exact) mass is 425 g/mol. The molecule has 7 nitrogen and oxygen atoms in total. The Kier molecular flexibility index (Phi) is 6.79. The molecular weight excluding hydrogens is 402 g/mol. The summed E-state index contributed by atoms with van der Waals surface area (Å²) in [4.78, 5) is 36.6. The van der Waals surface area contributed by atoms with Gasteiger partial charge in [-0.05, 0) is 47.9 Å². The van der Waals surface area contributed by atoms with Crippen LogP contribution in [0.15, 0.2) is 96.3 Å². The van der Waals surface area contributed by atoms with Gasteiger partial charge in [0.25, 0.3) is 5.56 Å². The molecule has 1 aromatic carbocycles. The summed E-state index contributed by atoms with van der Waals surface area (Å²) >= 11 is 0. The van der Waals surface area contributed by atoms with Crippen molar-refractivity contribution in [1.29, 1.82) is 0 Å². The fraction of sp³-hybridized carbons (Fsp3) is 0.120. The zero-order valence-corrected chi connectivity index (χ0v) is 17.4. The van der Waals surface area contributed by atoms with Crippen molar-refractivity contribution < 1.29 is 4.79 Å². The molecule has 32 heavy (non-hydrogen) atoms. The number of hydrogen-bond donors (Lipinski definition) is 3. The Hall–Kier alpha value is -4.10. The lowest BCUT2D eigenvalue weighted by molar-refractivity contribution is -0.118. The Morgan fingerprint density at radius 2 is 1.72 bits per heavy atom. The SMILES string of the molecule is O=C(Nc1cc(-c2ccncc2)c[nH]c1=O)[C@H](Cc1ccccc1)NCc1ccccn1. The van der Waals surface area contributed by atoms with Crippen LogP contribution >= 0.6 is 0 Å². The maximum Gasteiger partial charge on any atom is 0.271 e. The molecule has 0 saturated carbocycles. The standard InChI is InChI=1S/C25H23N5O2/c31-24-23(15-20(16-29-24)19-9-12-26-13-10-19)30-25(32)22(14-18-6-2-1-3-7-18)28-17-21-8-4-5-11-27-21/h1-13,15-16,22,28H,14,17H2,(H,29,31)(H,30,32)/t22-/m0/s1. The zero-order chi connectivity index (χ0) is 22.2. The quantitative estimate of drug-likeness (QED) is 0.403. The molecular formula is C25H23N5O2. The molecule has 0 radical (unpaired) electrons. The second-order valence-corrected chi connectivity index (χ2v) is 7.30. The number of nitrogens with one attached hydrogen (secondary N) is 3. The van der Waals surface area contributed by atoms with Crippen LogP contribution < -0.4 is 16.2 Å². The third-order valence-corrected chi connectivity index (χ3v) is 5.03. The molecule has 0 saturated heterocycles. The Bertz CT molecular complexity index is 1210. The highest BCUT2D eigenvalue weighted by Crippen LogP contribution is 2.19. The van der Waals surface area contributed by atoms with Crippen LogP contribution in [0.2, 0.25) is 0 Å². The first kappa shape index (κ1) is 21.1. The minimum atomic E-state index is -0.552. The Morgan fingerprint density at radius 1 is 0.938 bits per heavy atom. The van der Waals surface area contributed by atoms with Crippen molar-refractivity contribution in [1.82, 2.24) is 20.3 Å². The summed E-state index contributed by atoms with van der Waals surface area (Å²) in [6.07, 6.45) is 7.16. The number of anilines is 1. The van der Waals surface area contributed by atoms with E-state index < -0.39 is 6.04 Å². The lowest BCUT2D eigenvalue weighted by atomic mass is 10.0. The van der Waals surface area contributed by atoms with Crippen LogP contribution in [0.1, 0.15) is 11.3 Å². The van der Waals surface area contributed by atoms with Crippen LogP contribution in [0.25, 0.3) is 11.1 Å². The van der Waals surface area contributed by atoms with E-state index in [4.69, 9.17) is 0 Å². The van der Waals surface area contributed by atoms with Gasteiger partial charge in [0.05, 0.1) is 11.7 Å². The number of carbonyl (C=O) groups is 1. The van der Waals surface area contributed by atoms with Crippen molar-refractivity contribution in [3.8, 4) is 11.1 Å². The number of amides is 1. The molecule has 4 aromatic rings. The van der Waals surface area contributed by atoms with Crippen molar-refractivity contribution in [3.05, 3.63) is 113 Å². The fourth-order valence-electron chi connectivity index (χ4n) is 3.35. The molecule has 160 valence electrons. The molecule has 3 N–H and O–H groups in total. The predicted molar refractivity (Wildman–Crippen MR) is 124 cm³/mol. The number of nitrogens with zero attached hydrogens (tertiary/aromatic N) is 2. The Labute approximate surface area is 185 Å². The van der Waals surface area contributed by atoms with Gasteiger partial charge in [0, 0.05) is 36.9 Å². The second-order valence-electron chi connectivity index (χ2n) is 7.30. The minimum Gasteiger partial charge on any atom is -0.327 e. The number of aromatic nitrogens is 3. The van der Waals surface area contributed by atoms with Gasteiger partial charge in [0.15, 0.2) is 0 Å². The van der Waals surface area contributed by atoms with Gasteiger partial charge in [-0.25, -0.2) is 0 Å². The Balaban J connectivity index is 1.54. The third kappa shape index (κ3) is 5.53. The van der Waals surface area contributed by atoms with Crippen molar-refractivity contribution in [3.63, 3.8) is 0 Å². The molecule has 0 aliphatic heterocycles. The van der Waals surface area contributed by atoms with Gasteiger partial charge in [0.1, 0.15) is 5.69 Å². The van der Waals surface area contributed by atoms with E-state index in [-0.39, 0.29) is 17.2 Å². The molecule has 0 unspecified atom stereocenters. The summed E-state index contributed by atoms with van der Waals surface area (Å²) < 4.78 is 0. The molecule has 0 aliphatic rings. The summed E-state index contributed by atoms with van der Waals surface area (Å²) in [6.45, 7) is 0.430. The van der Waals surface area contributed by atoms with Gasteiger partial charge in [0.2, 0.25) is 5.91 Å². The van der Waals surface area contributed by atoms with Gasteiger partial charge in [-0.3, -0.25) is 24.9 Å². The van der Waals surface area contributed by atoms with Crippen LogP contribution in [0.5, 0.6) is 0 Å². The third-order valence-electron chi connectivity index (χ3n) is 5.03. The number of benzene rings is 1. The van der Waals surface area contributed by atoms with E-state index in [9.17, 15) is 9.59 Å². The fourth-order valence-corrected chi connectivity index (χ4v) is 3.35. The van der Waals surface area contributed by atoms with E-state index >= 15 is 0 Å². The van der Waals surface area contributed by atoms with Gasteiger partial charge < -0.3 is 10.3 Å². The maximum atomic E-state index is 13.2. The minimum absolute atomic E-state index is 0.196. The first-order chi connectivity index (χ1) is 15.7. The predicted octanol–water partition coefficient (Wildman–Crippen LogP) is 3.17. The van der Waals surface area contributed by atoms with E-state index in [0.29, 0.717) is 13.0 Å². The van der Waals surface area contributed by atoms with E-state index in [1.54, 1.807) is 30.9 Å². The molecule has 0 spiro atoms. The number of hydrogen-bond acceptors (Lipinski definition) is 5. The highest BCUT2D eigenvalue weighted by atomic mass is 16.2. The largest absolute Gasteiger partial charge is 0.327 e. The number of pyridine rings is 3. The molecule has 3 aromatic heterocycles. The Morgan fingerprint density at radius 3 is 2.47 bits per heavy atom. The van der Waals surface area contributed by atoms with Crippen LogP contribution in [0.4, 0.5) is 5.69 Å². The summed E-state index contributed by atoms with van der Waals surface area (Å²) in [5.41, 5.74) is 3.35. The molecule has 4 rings (SSSR count). The first-order valence-corrected chi connectivity index (χ1v) is 10.3. The van der Waals surface area contributed by atoms with Gasteiger partial charge in [-0.15, -0.1) is 0 Å². The van der Waals surface area contributed by atoms with E-state index in [1.807, 2.05) is 60.7 Å². The second kappa shape index (κ2) is 10.3. The van der Waals surface area contributed by atoms with Crippen molar-refractivity contribution in [2.45, 2.75) is 19.0 Å². The van der Waals surface area contributed by atoms with Crippen molar-refractivity contribution >= 4 is 11.6 Å². The zero-order valence-electron chi connectivity index (χ0n) is 17.4. The summed E-state index contributed by atoms with van der Waals surface area (Å²) in [6, 6.07) is 20.2. The van der Waals surface area contributed by atoms with E-state index in [1.165, 1.54) is 0 Å². The van der Waals surface area contributed by atoms with Crippen LogP contribution in [-0.2, 0) is 17.8 Å². The average molecular weight is 425 g/mol. The molecule has 1 amide bonds. The summed E-state index contributed by atoms with van der Waals surface area (Å²) in [5, 5.41) is 6.07. The molecule has 0 bridgehead atoms. The van der Waals surface area contributed by atoms with Crippen LogP contribution in [-0.4, -0.2) is 26.9 Å². The normalized spacial score (nSPS) is 11.6. The lowest BCUT2D eigenvalue weighted by Gasteiger charge is -2.18. The first-order valence-electron chi connectivity index (χ1n) is 10.3. The smallest absolute Gasteiger partial charge is 0.271 e. The average Bonchev–Trinajstić information content (AvgIpc) is 2.85. The topological polar surface area (TPSA) is 99.8 Å². The highest BCUT2D eigenvalue weighted by molar-refractivity contribution is 5.95. The molecule has 1 atom stereocenters. The molecule has 7 heteroatoms.